The van der Waals surface area contributed by atoms with Crippen LogP contribution in [0.15, 0.2) is 6.33 Å². The molecule has 0 unspecified atom stereocenters. The van der Waals surface area contributed by atoms with Crippen molar-refractivity contribution in [1.29, 1.82) is 0 Å². The normalized spacial score (nSPS) is 17.8. The molecule has 1 aliphatic carbocycles. The van der Waals surface area contributed by atoms with Gasteiger partial charge in [-0.2, -0.15) is 0 Å². The number of nitrogens with one attached hydrogen (secondary N) is 1. The van der Waals surface area contributed by atoms with Crippen molar-refractivity contribution in [2.45, 2.75) is 45.6 Å². The Morgan fingerprint density at radius 1 is 1.56 bits per heavy atom. The molecule has 18 heavy (non-hydrogen) atoms. The largest absolute Gasteiger partial charge is 0.367 e. The van der Waals surface area contributed by atoms with E-state index in [-0.39, 0.29) is 18.4 Å². The molecule has 2 rings (SSSR count). The molecule has 6 nitrogen and oxygen atoms in total. The summed E-state index contributed by atoms with van der Waals surface area (Å²) in [5.41, 5.74) is 5.71. The first-order valence-corrected chi connectivity index (χ1v) is 6.55. The number of anilines is 1. The highest BCUT2D eigenvalue weighted by atomic mass is 16.2. The van der Waals surface area contributed by atoms with Gasteiger partial charge in [0.25, 0.3) is 0 Å². The molecule has 1 aliphatic rings. The van der Waals surface area contributed by atoms with E-state index in [0.29, 0.717) is 5.41 Å². The first kappa shape index (κ1) is 12.9. The van der Waals surface area contributed by atoms with Gasteiger partial charge in [-0.1, -0.05) is 19.8 Å². The first-order chi connectivity index (χ1) is 8.63. The fraction of sp³-hybridized carbons (Fsp3) is 0.750. The molecule has 0 saturated heterocycles. The van der Waals surface area contributed by atoms with Gasteiger partial charge in [-0.05, 0) is 24.7 Å². The van der Waals surface area contributed by atoms with Gasteiger partial charge in [-0.15, -0.1) is 5.10 Å². The summed E-state index contributed by atoms with van der Waals surface area (Å²) in [7, 11) is 0. The third-order valence-electron chi connectivity index (χ3n) is 3.93. The average Bonchev–Trinajstić information content (AvgIpc) is 2.97. The van der Waals surface area contributed by atoms with E-state index in [2.05, 4.69) is 22.3 Å². The number of nitrogens with zero attached hydrogens (tertiary/aromatic N) is 3. The van der Waals surface area contributed by atoms with Crippen LogP contribution in [0.4, 0.5) is 5.95 Å². The first-order valence-electron chi connectivity index (χ1n) is 6.55. The Kier molecular flexibility index (Phi) is 3.84. The molecule has 0 aliphatic heterocycles. The van der Waals surface area contributed by atoms with Crippen molar-refractivity contribution in [1.82, 2.24) is 20.1 Å². The van der Waals surface area contributed by atoms with Crippen LogP contribution < -0.4 is 11.1 Å². The van der Waals surface area contributed by atoms with E-state index in [1.807, 2.05) is 0 Å². The Balaban J connectivity index is 1.81. The fourth-order valence-corrected chi connectivity index (χ4v) is 2.65. The number of aromatic nitrogens is 3. The van der Waals surface area contributed by atoms with Crippen LogP contribution in [0.5, 0.6) is 0 Å². The molecule has 1 heterocycles. The molecule has 0 radical (unpaired) electrons. The summed E-state index contributed by atoms with van der Waals surface area (Å²) in [6, 6.07) is 0. The minimum absolute atomic E-state index is 0.0281. The van der Waals surface area contributed by atoms with Crippen LogP contribution >= 0.6 is 0 Å². The molecule has 0 spiro atoms. The lowest BCUT2D eigenvalue weighted by Gasteiger charge is -2.27. The van der Waals surface area contributed by atoms with Gasteiger partial charge < -0.3 is 11.1 Å². The van der Waals surface area contributed by atoms with Crippen molar-refractivity contribution in [2.75, 3.05) is 12.3 Å². The van der Waals surface area contributed by atoms with Crippen molar-refractivity contribution < 1.29 is 4.79 Å². The number of rotatable bonds is 5. The van der Waals surface area contributed by atoms with Gasteiger partial charge in [-0.25, -0.2) is 9.67 Å². The summed E-state index contributed by atoms with van der Waals surface area (Å²) in [4.78, 5) is 15.6. The van der Waals surface area contributed by atoms with Gasteiger partial charge in [0.05, 0.1) is 0 Å². The lowest BCUT2D eigenvalue weighted by Crippen LogP contribution is -2.37. The molecule has 3 N–H and O–H groups in total. The zero-order chi connectivity index (χ0) is 13.0. The Labute approximate surface area is 107 Å². The molecular formula is C12H21N5O. The summed E-state index contributed by atoms with van der Waals surface area (Å²) in [6.07, 6.45) is 7.61. The predicted octanol–water partition coefficient (Wildman–Crippen LogP) is 0.947. The maximum absolute atomic E-state index is 11.8. The maximum atomic E-state index is 11.8. The molecule has 1 aromatic rings. The Morgan fingerprint density at radius 2 is 2.28 bits per heavy atom. The lowest BCUT2D eigenvalue weighted by atomic mass is 9.83. The molecule has 1 saturated carbocycles. The zero-order valence-corrected chi connectivity index (χ0v) is 10.9. The van der Waals surface area contributed by atoms with Crippen molar-refractivity contribution >= 4 is 11.9 Å². The van der Waals surface area contributed by atoms with Gasteiger partial charge in [0.2, 0.25) is 11.9 Å². The van der Waals surface area contributed by atoms with Gasteiger partial charge in [-0.3, -0.25) is 4.79 Å². The Bertz CT molecular complexity index is 408. The third kappa shape index (κ3) is 3.00. The number of carbonyl (C=O) groups is 1. The van der Waals surface area contributed by atoms with Crippen molar-refractivity contribution in [2.24, 2.45) is 5.41 Å². The summed E-state index contributed by atoms with van der Waals surface area (Å²) in [5, 5.41) is 6.90. The molecule has 100 valence electrons. The van der Waals surface area contributed by atoms with E-state index >= 15 is 0 Å². The Hall–Kier alpha value is -1.59. The molecule has 1 fully saturated rings. The predicted molar refractivity (Wildman–Crippen MR) is 68.6 cm³/mol. The van der Waals surface area contributed by atoms with E-state index in [1.165, 1.54) is 36.7 Å². The number of carbonyl (C=O) groups excluding carboxylic acids is 1. The molecule has 0 bridgehead atoms. The van der Waals surface area contributed by atoms with Crippen molar-refractivity contribution in [3.05, 3.63) is 6.33 Å². The van der Waals surface area contributed by atoms with Crippen LogP contribution in [0, 0.1) is 5.41 Å². The van der Waals surface area contributed by atoms with Crippen LogP contribution in [-0.4, -0.2) is 27.2 Å². The van der Waals surface area contributed by atoms with Crippen LogP contribution in [0.1, 0.15) is 39.0 Å². The number of amides is 1. The molecule has 0 aromatic carbocycles. The molecule has 1 aromatic heterocycles. The highest BCUT2D eigenvalue weighted by Crippen LogP contribution is 2.40. The van der Waals surface area contributed by atoms with Gasteiger partial charge in [0.15, 0.2) is 0 Å². The van der Waals surface area contributed by atoms with E-state index in [0.717, 1.165) is 13.0 Å². The van der Waals surface area contributed by atoms with E-state index in [4.69, 9.17) is 5.73 Å². The molecule has 1 amide bonds. The van der Waals surface area contributed by atoms with Crippen LogP contribution in [0.2, 0.25) is 0 Å². The van der Waals surface area contributed by atoms with E-state index in [9.17, 15) is 4.79 Å². The monoisotopic (exact) mass is 251 g/mol. The second kappa shape index (κ2) is 5.37. The number of nitrogen functional groups attached to an aromatic ring is 1. The van der Waals surface area contributed by atoms with Gasteiger partial charge >= 0.3 is 0 Å². The number of nitrogens with two attached hydrogens (primary N) is 1. The summed E-state index contributed by atoms with van der Waals surface area (Å²) < 4.78 is 1.46. The minimum Gasteiger partial charge on any atom is -0.367 e. The molecule has 0 atom stereocenters. The van der Waals surface area contributed by atoms with E-state index < -0.39 is 0 Å². The van der Waals surface area contributed by atoms with Gasteiger partial charge in [0.1, 0.15) is 12.9 Å². The number of hydrogen-bond acceptors (Lipinski definition) is 4. The van der Waals surface area contributed by atoms with Crippen molar-refractivity contribution in [3.8, 4) is 0 Å². The number of hydrogen-bond donors (Lipinski definition) is 2. The zero-order valence-electron chi connectivity index (χ0n) is 10.9. The molecular weight excluding hydrogens is 230 g/mol. The highest BCUT2D eigenvalue weighted by Gasteiger charge is 2.32. The SMILES string of the molecule is CCC1(CNC(=O)Cn2cnc(N)n2)CCCC1. The minimum atomic E-state index is -0.0281. The van der Waals surface area contributed by atoms with E-state index in [1.54, 1.807) is 0 Å². The summed E-state index contributed by atoms with van der Waals surface area (Å²) in [5.74, 6) is 0.170. The summed E-state index contributed by atoms with van der Waals surface area (Å²) >= 11 is 0. The quantitative estimate of drug-likeness (QED) is 0.815. The topological polar surface area (TPSA) is 85.8 Å². The lowest BCUT2D eigenvalue weighted by molar-refractivity contribution is -0.122. The second-order valence-corrected chi connectivity index (χ2v) is 5.14. The second-order valence-electron chi connectivity index (χ2n) is 5.14. The fourth-order valence-electron chi connectivity index (χ4n) is 2.65. The Morgan fingerprint density at radius 3 is 2.83 bits per heavy atom. The van der Waals surface area contributed by atoms with Gasteiger partial charge in [0, 0.05) is 6.54 Å². The highest BCUT2D eigenvalue weighted by molar-refractivity contribution is 5.75. The van der Waals surface area contributed by atoms with Crippen LogP contribution in [-0.2, 0) is 11.3 Å². The molecule has 6 heteroatoms. The maximum Gasteiger partial charge on any atom is 0.241 e. The standard InChI is InChI=1S/C12H21N5O/c1-2-12(5-3-4-6-12)8-14-10(18)7-17-9-15-11(13)16-17/h9H,2-8H2,1H3,(H2,13,16)(H,14,18). The van der Waals surface area contributed by atoms with Crippen molar-refractivity contribution in [3.63, 3.8) is 0 Å². The smallest absolute Gasteiger partial charge is 0.241 e. The summed E-state index contributed by atoms with van der Waals surface area (Å²) in [6.45, 7) is 3.16. The van der Waals surface area contributed by atoms with Crippen LogP contribution in [0.25, 0.3) is 0 Å². The van der Waals surface area contributed by atoms with Crippen LogP contribution in [0.3, 0.4) is 0 Å². The third-order valence-corrected chi connectivity index (χ3v) is 3.93. The average molecular weight is 251 g/mol.